The Morgan fingerprint density at radius 2 is 1.63 bits per heavy atom. The number of methoxy groups -OCH3 is 1. The second kappa shape index (κ2) is 9.50. The highest BCUT2D eigenvalue weighted by atomic mass is 16.5. The van der Waals surface area contributed by atoms with Crippen molar-refractivity contribution in [2.75, 3.05) is 16.9 Å². The van der Waals surface area contributed by atoms with E-state index in [0.717, 1.165) is 16.9 Å². The van der Waals surface area contributed by atoms with Gasteiger partial charge in [0.2, 0.25) is 0 Å². The monoisotopic (exact) mass is 466 g/mol. The number of amides is 2. The van der Waals surface area contributed by atoms with Crippen LogP contribution in [0.15, 0.2) is 102 Å². The third-order valence-electron chi connectivity index (χ3n) is 6.41. The maximum Gasteiger partial charge on any atom is 0.294 e. The fraction of sp³-hybridized carbons (Fsp3) is 0.172. The summed E-state index contributed by atoms with van der Waals surface area (Å²) in [5.74, 6) is 0.664. The zero-order chi connectivity index (χ0) is 24.4. The summed E-state index contributed by atoms with van der Waals surface area (Å²) < 4.78 is 10.7. The molecule has 0 saturated heterocycles. The number of benzene rings is 3. The standard InChI is InChI=1S/C29H26N2O4/c1-20-19-26(31(22-9-4-3-5-10-22)29(33)27-13-8-18-35-27)24-11-6-7-12-25(24)30(20)28(32)21-14-16-23(34-2)17-15-21/h3-18,20,26H,19H2,1-2H3/t20-,26-/m1/s1. The lowest BCUT2D eigenvalue weighted by Crippen LogP contribution is -2.47. The molecular formula is C29H26N2O4. The lowest BCUT2D eigenvalue weighted by Gasteiger charge is -2.43. The van der Waals surface area contributed by atoms with Crippen molar-refractivity contribution in [2.24, 2.45) is 0 Å². The van der Waals surface area contributed by atoms with E-state index in [0.29, 0.717) is 17.7 Å². The minimum absolute atomic E-state index is 0.0883. The number of nitrogens with zero attached hydrogens (tertiary/aromatic N) is 2. The first-order chi connectivity index (χ1) is 17.1. The van der Waals surface area contributed by atoms with Crippen LogP contribution in [0.2, 0.25) is 0 Å². The molecule has 35 heavy (non-hydrogen) atoms. The van der Waals surface area contributed by atoms with E-state index in [1.54, 1.807) is 48.4 Å². The predicted octanol–water partition coefficient (Wildman–Crippen LogP) is 6.12. The quantitative estimate of drug-likeness (QED) is 0.356. The summed E-state index contributed by atoms with van der Waals surface area (Å²) in [7, 11) is 1.60. The van der Waals surface area contributed by atoms with Crippen LogP contribution in [0.25, 0.3) is 0 Å². The Balaban J connectivity index is 1.58. The number of hydrogen-bond donors (Lipinski definition) is 0. The van der Waals surface area contributed by atoms with Gasteiger partial charge < -0.3 is 14.1 Å². The first-order valence-corrected chi connectivity index (χ1v) is 11.6. The fourth-order valence-electron chi connectivity index (χ4n) is 4.75. The Hall–Kier alpha value is -4.32. The van der Waals surface area contributed by atoms with Crippen molar-refractivity contribution in [1.29, 1.82) is 0 Å². The largest absolute Gasteiger partial charge is 0.497 e. The molecule has 1 aliphatic rings. The van der Waals surface area contributed by atoms with Crippen LogP contribution in [-0.4, -0.2) is 25.0 Å². The molecule has 6 nitrogen and oxygen atoms in total. The molecule has 2 heterocycles. The van der Waals surface area contributed by atoms with Gasteiger partial charge in [0.1, 0.15) is 5.75 Å². The Morgan fingerprint density at radius 1 is 0.914 bits per heavy atom. The molecule has 0 spiro atoms. The van der Waals surface area contributed by atoms with Gasteiger partial charge in [-0.15, -0.1) is 0 Å². The van der Waals surface area contributed by atoms with Gasteiger partial charge in [0, 0.05) is 23.0 Å². The molecule has 2 amide bonds. The van der Waals surface area contributed by atoms with Crippen molar-refractivity contribution in [1.82, 2.24) is 0 Å². The number of anilines is 2. The lowest BCUT2D eigenvalue weighted by atomic mass is 9.89. The third kappa shape index (κ3) is 4.19. The Kier molecular flexibility index (Phi) is 6.10. The molecule has 0 unspecified atom stereocenters. The van der Waals surface area contributed by atoms with Crippen LogP contribution in [0.5, 0.6) is 5.75 Å². The van der Waals surface area contributed by atoms with E-state index in [-0.39, 0.29) is 29.7 Å². The van der Waals surface area contributed by atoms with Gasteiger partial charge in [-0.25, -0.2) is 0 Å². The number of hydrogen-bond acceptors (Lipinski definition) is 4. The van der Waals surface area contributed by atoms with Crippen molar-refractivity contribution >= 4 is 23.2 Å². The van der Waals surface area contributed by atoms with Crippen LogP contribution in [0.4, 0.5) is 11.4 Å². The van der Waals surface area contributed by atoms with Gasteiger partial charge in [0.15, 0.2) is 5.76 Å². The molecule has 0 N–H and O–H groups in total. The Labute approximate surface area is 204 Å². The van der Waals surface area contributed by atoms with Gasteiger partial charge in [-0.1, -0.05) is 36.4 Å². The van der Waals surface area contributed by atoms with Crippen LogP contribution >= 0.6 is 0 Å². The SMILES string of the molecule is COc1ccc(C(=O)N2c3ccccc3[C@H](N(C(=O)c3ccco3)c3ccccc3)C[C@H]2C)cc1. The molecule has 0 radical (unpaired) electrons. The zero-order valence-electron chi connectivity index (χ0n) is 19.6. The molecule has 0 saturated carbocycles. The van der Waals surface area contributed by atoms with Crippen LogP contribution < -0.4 is 14.5 Å². The Morgan fingerprint density at radius 3 is 2.31 bits per heavy atom. The maximum absolute atomic E-state index is 13.7. The number of para-hydroxylation sites is 2. The summed E-state index contributed by atoms with van der Waals surface area (Å²) in [5, 5.41) is 0. The number of carbonyl (C=O) groups is 2. The summed E-state index contributed by atoms with van der Waals surface area (Å²) in [6.45, 7) is 2.02. The number of carbonyl (C=O) groups excluding carboxylic acids is 2. The molecule has 2 atom stereocenters. The highest BCUT2D eigenvalue weighted by Gasteiger charge is 2.39. The molecule has 0 aliphatic carbocycles. The summed E-state index contributed by atoms with van der Waals surface area (Å²) in [6.07, 6.45) is 2.07. The summed E-state index contributed by atoms with van der Waals surface area (Å²) in [4.78, 5) is 30.9. The topological polar surface area (TPSA) is 63.0 Å². The van der Waals surface area contributed by atoms with Crippen LogP contribution in [0.1, 0.15) is 45.9 Å². The average molecular weight is 467 g/mol. The van der Waals surface area contributed by atoms with Gasteiger partial charge >= 0.3 is 0 Å². The second-order valence-electron chi connectivity index (χ2n) is 8.55. The van der Waals surface area contributed by atoms with E-state index in [1.165, 1.54) is 6.26 Å². The van der Waals surface area contributed by atoms with E-state index in [9.17, 15) is 9.59 Å². The third-order valence-corrected chi connectivity index (χ3v) is 6.41. The summed E-state index contributed by atoms with van der Waals surface area (Å²) in [5.41, 5.74) is 3.06. The first-order valence-electron chi connectivity index (χ1n) is 11.6. The van der Waals surface area contributed by atoms with Crippen LogP contribution in [0.3, 0.4) is 0 Å². The summed E-state index contributed by atoms with van der Waals surface area (Å²) in [6, 6.07) is 27.5. The molecule has 0 fully saturated rings. The smallest absolute Gasteiger partial charge is 0.294 e. The number of fused-ring (bicyclic) bond motifs is 1. The van der Waals surface area contributed by atoms with E-state index < -0.39 is 0 Å². The molecule has 4 aromatic rings. The molecule has 5 rings (SSSR count). The average Bonchev–Trinajstić information content (AvgIpc) is 3.44. The van der Waals surface area contributed by atoms with Crippen molar-refractivity contribution < 1.29 is 18.7 Å². The first kappa shape index (κ1) is 22.5. The van der Waals surface area contributed by atoms with Gasteiger partial charge in [-0.05, 0) is 73.5 Å². The van der Waals surface area contributed by atoms with Crippen molar-refractivity contribution in [2.45, 2.75) is 25.4 Å². The highest BCUT2D eigenvalue weighted by molar-refractivity contribution is 6.08. The molecule has 176 valence electrons. The number of furan rings is 1. The predicted molar refractivity (Wildman–Crippen MR) is 135 cm³/mol. The van der Waals surface area contributed by atoms with Gasteiger partial charge in [0.25, 0.3) is 11.8 Å². The van der Waals surface area contributed by atoms with Crippen molar-refractivity contribution in [3.05, 3.63) is 114 Å². The van der Waals surface area contributed by atoms with Gasteiger partial charge in [-0.3, -0.25) is 14.5 Å². The fourth-order valence-corrected chi connectivity index (χ4v) is 4.75. The molecule has 0 bridgehead atoms. The number of rotatable bonds is 5. The normalized spacial score (nSPS) is 16.9. The highest BCUT2D eigenvalue weighted by Crippen LogP contribution is 2.43. The molecule has 3 aromatic carbocycles. The maximum atomic E-state index is 13.7. The zero-order valence-corrected chi connectivity index (χ0v) is 19.6. The summed E-state index contributed by atoms with van der Waals surface area (Å²) >= 11 is 0. The molecule has 1 aliphatic heterocycles. The van der Waals surface area contributed by atoms with Crippen molar-refractivity contribution in [3.63, 3.8) is 0 Å². The van der Waals surface area contributed by atoms with Crippen LogP contribution in [-0.2, 0) is 0 Å². The minimum atomic E-state index is -0.277. The van der Waals surface area contributed by atoms with Crippen LogP contribution in [0, 0.1) is 0 Å². The van der Waals surface area contributed by atoms with Gasteiger partial charge in [-0.2, -0.15) is 0 Å². The van der Waals surface area contributed by atoms with E-state index in [4.69, 9.17) is 9.15 Å². The van der Waals surface area contributed by atoms with E-state index >= 15 is 0 Å². The number of ether oxygens (including phenoxy) is 1. The lowest BCUT2D eigenvalue weighted by molar-refractivity contribution is 0.0944. The van der Waals surface area contributed by atoms with Crippen molar-refractivity contribution in [3.8, 4) is 5.75 Å². The minimum Gasteiger partial charge on any atom is -0.497 e. The molecule has 6 heteroatoms. The van der Waals surface area contributed by atoms with E-state index in [1.807, 2.05) is 66.4 Å². The molecule has 1 aromatic heterocycles. The second-order valence-corrected chi connectivity index (χ2v) is 8.55. The molecular weight excluding hydrogens is 440 g/mol. The van der Waals surface area contributed by atoms with Gasteiger partial charge in [0.05, 0.1) is 19.4 Å². The Bertz CT molecular complexity index is 1320. The van der Waals surface area contributed by atoms with E-state index in [2.05, 4.69) is 0 Å².